The zero-order chi connectivity index (χ0) is 24.9. The predicted octanol–water partition coefficient (Wildman–Crippen LogP) is 3.60. The number of nitrogens with zero attached hydrogens (tertiary/aromatic N) is 2. The Morgan fingerprint density at radius 3 is 2.31 bits per heavy atom. The van der Waals surface area contributed by atoms with Crippen LogP contribution in [-0.4, -0.2) is 65.4 Å². The third-order valence-electron chi connectivity index (χ3n) is 6.86. The fourth-order valence-electron chi connectivity index (χ4n) is 5.11. The smallest absolute Gasteiger partial charge is 0.303 e. The number of nitrogens with one attached hydrogen (secondary N) is 1. The lowest BCUT2D eigenvalue weighted by Crippen LogP contribution is -2.35. The van der Waals surface area contributed by atoms with Crippen molar-refractivity contribution in [3.63, 3.8) is 0 Å². The minimum atomic E-state index is -0.996. The minimum Gasteiger partial charge on any atom is -0.481 e. The van der Waals surface area contributed by atoms with Gasteiger partial charge in [-0.1, -0.05) is 48.0 Å². The molecule has 0 radical (unpaired) electrons. The lowest BCUT2D eigenvalue weighted by Gasteiger charge is -2.25. The highest BCUT2D eigenvalue weighted by Crippen LogP contribution is 2.33. The van der Waals surface area contributed by atoms with Gasteiger partial charge in [-0.2, -0.15) is 0 Å². The Kier molecular flexibility index (Phi) is 8.03. The van der Waals surface area contributed by atoms with Crippen LogP contribution in [0.2, 0.25) is 5.02 Å². The number of benzene rings is 2. The number of carbonyl (C=O) groups excluding carboxylic acids is 2. The highest BCUT2D eigenvalue weighted by molar-refractivity contribution is 6.33. The molecule has 3 atom stereocenters. The summed E-state index contributed by atoms with van der Waals surface area (Å²) in [7, 11) is 0. The van der Waals surface area contributed by atoms with Crippen LogP contribution in [0.25, 0.3) is 0 Å². The molecule has 186 valence electrons. The fraction of sp³-hybridized carbons (Fsp3) is 0.423. The van der Waals surface area contributed by atoms with Crippen LogP contribution in [0.5, 0.6) is 0 Å². The lowest BCUT2D eigenvalue weighted by atomic mass is 10.0. The molecule has 9 heteroatoms. The molecule has 0 bridgehead atoms. The molecule has 2 amide bonds. The van der Waals surface area contributed by atoms with Crippen LogP contribution in [0.15, 0.2) is 48.5 Å². The normalized spacial score (nSPS) is 20.5. The van der Waals surface area contributed by atoms with E-state index in [1.165, 1.54) is 18.2 Å². The summed E-state index contributed by atoms with van der Waals surface area (Å²) in [6.07, 6.45) is 0.439. The highest BCUT2D eigenvalue weighted by Gasteiger charge is 2.42. The first-order valence-corrected chi connectivity index (χ1v) is 12.2. The average molecular weight is 502 g/mol. The van der Waals surface area contributed by atoms with E-state index in [1.807, 2.05) is 30.3 Å². The summed E-state index contributed by atoms with van der Waals surface area (Å²) in [6, 6.07) is 13.7. The number of carboxylic acids is 1. The molecule has 0 spiro atoms. The fourth-order valence-corrected chi connectivity index (χ4v) is 5.35. The SMILES string of the molecule is O=C(O)CCC(=O)NC(CCN1CC2CN(C(=O)c3c(F)cccc3Cl)C[C@@H]2C1)c1ccccc1. The average Bonchev–Trinajstić information content (AvgIpc) is 3.40. The van der Waals surface area contributed by atoms with E-state index in [0.29, 0.717) is 31.3 Å². The van der Waals surface area contributed by atoms with E-state index in [9.17, 15) is 18.8 Å². The van der Waals surface area contributed by atoms with Crippen molar-refractivity contribution in [3.05, 3.63) is 70.5 Å². The van der Waals surface area contributed by atoms with Crippen LogP contribution in [0.3, 0.4) is 0 Å². The number of hydrogen-bond acceptors (Lipinski definition) is 4. The molecule has 7 nitrogen and oxygen atoms in total. The molecular formula is C26H29ClFN3O4. The van der Waals surface area contributed by atoms with Gasteiger partial charge in [-0.25, -0.2) is 4.39 Å². The largest absolute Gasteiger partial charge is 0.481 e. The van der Waals surface area contributed by atoms with Gasteiger partial charge in [-0.3, -0.25) is 14.4 Å². The van der Waals surface area contributed by atoms with Gasteiger partial charge in [0.1, 0.15) is 5.82 Å². The van der Waals surface area contributed by atoms with Gasteiger partial charge in [0.15, 0.2) is 0 Å². The Balaban J connectivity index is 1.32. The van der Waals surface area contributed by atoms with Crippen molar-refractivity contribution in [1.82, 2.24) is 15.1 Å². The van der Waals surface area contributed by atoms with Crippen molar-refractivity contribution in [1.29, 1.82) is 0 Å². The van der Waals surface area contributed by atoms with Gasteiger partial charge in [0.05, 0.1) is 23.0 Å². The maximum Gasteiger partial charge on any atom is 0.303 e. The van der Waals surface area contributed by atoms with E-state index >= 15 is 0 Å². The van der Waals surface area contributed by atoms with E-state index in [2.05, 4.69) is 10.2 Å². The molecule has 2 aliphatic rings. The van der Waals surface area contributed by atoms with Gasteiger partial charge >= 0.3 is 5.97 Å². The van der Waals surface area contributed by atoms with Gasteiger partial charge in [0.25, 0.3) is 5.91 Å². The summed E-state index contributed by atoms with van der Waals surface area (Å²) in [5, 5.41) is 12.0. The van der Waals surface area contributed by atoms with Crippen LogP contribution < -0.4 is 5.32 Å². The van der Waals surface area contributed by atoms with E-state index in [1.54, 1.807) is 4.90 Å². The van der Waals surface area contributed by atoms with Gasteiger partial charge in [-0.15, -0.1) is 0 Å². The number of amides is 2. The van der Waals surface area contributed by atoms with Crippen LogP contribution >= 0.6 is 11.6 Å². The Morgan fingerprint density at radius 1 is 1.00 bits per heavy atom. The van der Waals surface area contributed by atoms with E-state index in [4.69, 9.17) is 16.7 Å². The molecule has 2 aliphatic heterocycles. The lowest BCUT2D eigenvalue weighted by molar-refractivity contribution is -0.138. The zero-order valence-electron chi connectivity index (χ0n) is 19.3. The number of hydrogen-bond donors (Lipinski definition) is 2. The molecule has 2 heterocycles. The Morgan fingerprint density at radius 2 is 1.69 bits per heavy atom. The monoisotopic (exact) mass is 501 g/mol. The number of likely N-dealkylation sites (tertiary alicyclic amines) is 2. The molecule has 35 heavy (non-hydrogen) atoms. The number of carboxylic acid groups (broad SMARTS) is 1. The second kappa shape index (κ2) is 11.2. The standard InChI is InChI=1S/C26H29ClFN3O4/c27-20-7-4-8-21(28)25(20)26(35)31-15-18-13-30(14-19(18)16-31)12-11-22(17-5-2-1-3-6-17)29-23(32)9-10-24(33)34/h1-8,18-19,22H,9-16H2,(H,29,32)(H,33,34)/t18-,19?,22?/m0/s1. The summed E-state index contributed by atoms with van der Waals surface area (Å²) in [4.78, 5) is 40.0. The number of aliphatic carboxylic acids is 1. The first-order chi connectivity index (χ1) is 16.8. The number of fused-ring (bicyclic) bond motifs is 1. The summed E-state index contributed by atoms with van der Waals surface area (Å²) in [5.74, 6) is -1.61. The van der Waals surface area contributed by atoms with Gasteiger partial charge in [0, 0.05) is 39.1 Å². The third-order valence-corrected chi connectivity index (χ3v) is 7.18. The first kappa shape index (κ1) is 25.1. The zero-order valence-corrected chi connectivity index (χ0v) is 20.1. The minimum absolute atomic E-state index is 0.0532. The number of rotatable bonds is 9. The second-order valence-corrected chi connectivity index (χ2v) is 9.71. The van der Waals surface area contributed by atoms with Crippen molar-refractivity contribution in [3.8, 4) is 0 Å². The second-order valence-electron chi connectivity index (χ2n) is 9.30. The van der Waals surface area contributed by atoms with Crippen LogP contribution in [0.1, 0.15) is 41.2 Å². The van der Waals surface area contributed by atoms with Gasteiger partial charge < -0.3 is 20.2 Å². The quantitative estimate of drug-likeness (QED) is 0.548. The molecule has 0 aliphatic carbocycles. The molecule has 4 rings (SSSR count). The summed E-state index contributed by atoms with van der Waals surface area (Å²) < 4.78 is 14.2. The molecule has 0 saturated carbocycles. The topological polar surface area (TPSA) is 89.9 Å². The van der Waals surface area contributed by atoms with Crippen molar-refractivity contribution < 1.29 is 23.9 Å². The number of halogens is 2. The van der Waals surface area contributed by atoms with Gasteiger partial charge in [0.2, 0.25) is 5.91 Å². The van der Waals surface area contributed by atoms with Crippen molar-refractivity contribution in [2.75, 3.05) is 32.7 Å². The number of carbonyl (C=O) groups is 3. The third kappa shape index (κ3) is 6.18. The van der Waals surface area contributed by atoms with Crippen molar-refractivity contribution in [2.45, 2.75) is 25.3 Å². The molecule has 2 saturated heterocycles. The summed E-state index contributed by atoms with van der Waals surface area (Å²) >= 11 is 6.08. The van der Waals surface area contributed by atoms with Crippen molar-refractivity contribution >= 4 is 29.4 Å². The maximum absolute atomic E-state index is 14.2. The molecule has 0 aromatic heterocycles. The molecule has 2 N–H and O–H groups in total. The van der Waals surface area contributed by atoms with Crippen LogP contribution in [0.4, 0.5) is 4.39 Å². The predicted molar refractivity (Wildman–Crippen MR) is 130 cm³/mol. The Labute approximate surface area is 208 Å². The van der Waals surface area contributed by atoms with E-state index in [0.717, 1.165) is 25.2 Å². The van der Waals surface area contributed by atoms with E-state index < -0.39 is 11.8 Å². The van der Waals surface area contributed by atoms with E-state index in [-0.39, 0.29) is 41.3 Å². The Hall–Kier alpha value is -2.97. The molecule has 2 aromatic carbocycles. The molecule has 2 aromatic rings. The first-order valence-electron chi connectivity index (χ1n) is 11.8. The summed E-state index contributed by atoms with van der Waals surface area (Å²) in [6.45, 7) is 3.55. The van der Waals surface area contributed by atoms with Crippen molar-refractivity contribution in [2.24, 2.45) is 11.8 Å². The van der Waals surface area contributed by atoms with Gasteiger partial charge in [-0.05, 0) is 36.0 Å². The molecule has 2 unspecified atom stereocenters. The molecular weight excluding hydrogens is 473 g/mol. The summed E-state index contributed by atoms with van der Waals surface area (Å²) in [5.41, 5.74) is 0.921. The highest BCUT2D eigenvalue weighted by atomic mass is 35.5. The Bertz CT molecular complexity index is 1050. The van der Waals surface area contributed by atoms with Crippen LogP contribution in [0, 0.1) is 17.7 Å². The maximum atomic E-state index is 14.2. The van der Waals surface area contributed by atoms with Crippen LogP contribution in [-0.2, 0) is 9.59 Å². The molecule has 2 fully saturated rings.